The van der Waals surface area contributed by atoms with Gasteiger partial charge >= 0.3 is 6.03 Å². The highest BCUT2D eigenvalue weighted by Gasteiger charge is 2.11. The van der Waals surface area contributed by atoms with Crippen molar-refractivity contribution in [2.75, 3.05) is 11.9 Å². The van der Waals surface area contributed by atoms with Gasteiger partial charge in [0.25, 0.3) is 0 Å². The molecule has 0 spiro atoms. The summed E-state index contributed by atoms with van der Waals surface area (Å²) in [5, 5.41) is 5.69. The number of hydrogen-bond acceptors (Lipinski definition) is 3. The van der Waals surface area contributed by atoms with Crippen LogP contribution in [0.5, 0.6) is 5.75 Å². The van der Waals surface area contributed by atoms with Crippen LogP contribution in [0.25, 0.3) is 0 Å². The summed E-state index contributed by atoms with van der Waals surface area (Å²) < 4.78 is 5.48. The van der Waals surface area contributed by atoms with E-state index in [4.69, 9.17) is 4.74 Å². The number of benzene rings is 1. The first-order valence-electron chi connectivity index (χ1n) is 6.90. The van der Waals surface area contributed by atoms with E-state index in [1.54, 1.807) is 12.4 Å². The van der Waals surface area contributed by atoms with E-state index in [0.29, 0.717) is 18.0 Å². The zero-order valence-electron chi connectivity index (χ0n) is 12.2. The highest BCUT2D eigenvalue weighted by Crippen LogP contribution is 2.23. The topological polar surface area (TPSA) is 63.2 Å². The minimum atomic E-state index is -0.272. The van der Waals surface area contributed by atoms with Crippen LogP contribution in [0.2, 0.25) is 0 Å². The number of urea groups is 1. The fourth-order valence-corrected chi connectivity index (χ4v) is 1.94. The van der Waals surface area contributed by atoms with Crippen LogP contribution < -0.4 is 15.4 Å². The van der Waals surface area contributed by atoms with Crippen LogP contribution in [0.4, 0.5) is 10.5 Å². The highest BCUT2D eigenvalue weighted by atomic mass is 16.5. The number of carbonyl (C=O) groups is 1. The number of amides is 2. The van der Waals surface area contributed by atoms with Crippen molar-refractivity contribution in [1.29, 1.82) is 0 Å². The summed E-state index contributed by atoms with van der Waals surface area (Å²) in [6.07, 6.45) is 3.41. The number of nitrogens with zero attached hydrogens (tertiary/aromatic N) is 1. The van der Waals surface area contributed by atoms with Crippen molar-refractivity contribution in [2.45, 2.75) is 19.9 Å². The van der Waals surface area contributed by atoms with Gasteiger partial charge in [-0.15, -0.1) is 0 Å². The molecule has 1 aromatic heterocycles. The first-order valence-corrected chi connectivity index (χ1v) is 6.90. The summed E-state index contributed by atoms with van der Waals surface area (Å²) in [6, 6.07) is 10.7. The predicted molar refractivity (Wildman–Crippen MR) is 82.4 cm³/mol. The van der Waals surface area contributed by atoms with Gasteiger partial charge in [-0.1, -0.05) is 12.1 Å². The Bertz CT molecular complexity index is 587. The number of ether oxygens (including phenoxy) is 1. The van der Waals surface area contributed by atoms with Crippen LogP contribution in [0.1, 0.15) is 25.5 Å². The minimum Gasteiger partial charge on any atom is -0.492 e. The molecule has 0 radical (unpaired) electrons. The zero-order valence-corrected chi connectivity index (χ0v) is 12.2. The number of pyridine rings is 1. The van der Waals surface area contributed by atoms with Crippen LogP contribution in [0, 0.1) is 0 Å². The summed E-state index contributed by atoms with van der Waals surface area (Å²) in [7, 11) is 0. The van der Waals surface area contributed by atoms with Crippen molar-refractivity contribution in [3.05, 3.63) is 54.4 Å². The van der Waals surface area contributed by atoms with Gasteiger partial charge in [-0.25, -0.2) is 4.79 Å². The lowest BCUT2D eigenvalue weighted by Gasteiger charge is -2.16. The van der Waals surface area contributed by atoms with Crippen molar-refractivity contribution in [1.82, 2.24) is 10.3 Å². The van der Waals surface area contributed by atoms with Gasteiger partial charge in [0, 0.05) is 12.4 Å². The number of nitrogens with one attached hydrogen (secondary N) is 2. The highest BCUT2D eigenvalue weighted by molar-refractivity contribution is 5.91. The Morgan fingerprint density at radius 2 is 1.95 bits per heavy atom. The van der Waals surface area contributed by atoms with Gasteiger partial charge in [0.1, 0.15) is 5.75 Å². The Balaban J connectivity index is 1.99. The molecule has 2 N–H and O–H groups in total. The fourth-order valence-electron chi connectivity index (χ4n) is 1.94. The summed E-state index contributed by atoms with van der Waals surface area (Å²) in [5.74, 6) is 0.659. The molecule has 0 saturated heterocycles. The second-order valence-electron chi connectivity index (χ2n) is 4.53. The number of hydrogen-bond donors (Lipinski definition) is 2. The van der Waals surface area contributed by atoms with Crippen molar-refractivity contribution in [2.24, 2.45) is 0 Å². The molecule has 5 heteroatoms. The molecule has 0 aliphatic carbocycles. The summed E-state index contributed by atoms with van der Waals surface area (Å²) in [4.78, 5) is 16.0. The molecule has 21 heavy (non-hydrogen) atoms. The third-order valence-electron chi connectivity index (χ3n) is 2.99. The number of para-hydroxylation sites is 2. The Morgan fingerprint density at radius 3 is 2.67 bits per heavy atom. The van der Waals surface area contributed by atoms with Crippen LogP contribution in [0.3, 0.4) is 0 Å². The van der Waals surface area contributed by atoms with Crippen LogP contribution in [0.15, 0.2) is 48.8 Å². The third-order valence-corrected chi connectivity index (χ3v) is 2.99. The first-order chi connectivity index (χ1) is 10.2. The Hall–Kier alpha value is -2.56. The fraction of sp³-hybridized carbons (Fsp3) is 0.250. The van der Waals surface area contributed by atoms with Gasteiger partial charge in [-0.05, 0) is 43.7 Å². The number of aromatic nitrogens is 1. The third kappa shape index (κ3) is 4.21. The number of carbonyl (C=O) groups excluding carboxylic acids is 1. The van der Waals surface area contributed by atoms with E-state index >= 15 is 0 Å². The van der Waals surface area contributed by atoms with Crippen molar-refractivity contribution >= 4 is 11.7 Å². The largest absolute Gasteiger partial charge is 0.492 e. The summed E-state index contributed by atoms with van der Waals surface area (Å²) >= 11 is 0. The maximum atomic E-state index is 12.1. The predicted octanol–water partition coefficient (Wildman–Crippen LogP) is 3.36. The van der Waals surface area contributed by atoms with Gasteiger partial charge in [-0.2, -0.15) is 0 Å². The summed E-state index contributed by atoms with van der Waals surface area (Å²) in [6.45, 7) is 4.37. The van der Waals surface area contributed by atoms with E-state index in [1.165, 1.54) is 0 Å². The Kier molecular flexibility index (Phi) is 5.15. The van der Waals surface area contributed by atoms with Crippen molar-refractivity contribution in [3.63, 3.8) is 0 Å². The molecule has 0 aliphatic rings. The molecule has 0 unspecified atom stereocenters. The van der Waals surface area contributed by atoms with Gasteiger partial charge in [-0.3, -0.25) is 4.98 Å². The lowest BCUT2D eigenvalue weighted by Crippen LogP contribution is -2.31. The normalized spacial score (nSPS) is 11.5. The molecule has 0 aliphatic heterocycles. The molecule has 0 fully saturated rings. The molecule has 1 atom stereocenters. The molecule has 110 valence electrons. The average Bonchev–Trinajstić information content (AvgIpc) is 2.50. The Labute approximate surface area is 124 Å². The molecule has 1 heterocycles. The number of anilines is 1. The smallest absolute Gasteiger partial charge is 0.319 e. The Morgan fingerprint density at radius 1 is 1.24 bits per heavy atom. The quantitative estimate of drug-likeness (QED) is 0.885. The minimum absolute atomic E-state index is 0.104. The van der Waals surface area contributed by atoms with Crippen molar-refractivity contribution in [3.8, 4) is 5.75 Å². The van der Waals surface area contributed by atoms with Gasteiger partial charge < -0.3 is 15.4 Å². The molecule has 2 amide bonds. The first kappa shape index (κ1) is 14.8. The van der Waals surface area contributed by atoms with E-state index in [2.05, 4.69) is 15.6 Å². The second kappa shape index (κ2) is 7.28. The van der Waals surface area contributed by atoms with E-state index in [9.17, 15) is 4.79 Å². The molecule has 1 aromatic carbocycles. The van der Waals surface area contributed by atoms with Crippen LogP contribution in [-0.2, 0) is 0 Å². The van der Waals surface area contributed by atoms with Gasteiger partial charge in [0.2, 0.25) is 0 Å². The molecular weight excluding hydrogens is 266 g/mol. The van der Waals surface area contributed by atoms with E-state index in [1.807, 2.05) is 50.2 Å². The van der Waals surface area contributed by atoms with E-state index in [-0.39, 0.29) is 12.1 Å². The molecule has 0 saturated carbocycles. The zero-order chi connectivity index (χ0) is 15.1. The van der Waals surface area contributed by atoms with Crippen LogP contribution >= 0.6 is 0 Å². The lowest BCUT2D eigenvalue weighted by molar-refractivity contribution is 0.249. The molecule has 5 nitrogen and oxygen atoms in total. The maximum Gasteiger partial charge on any atom is 0.319 e. The van der Waals surface area contributed by atoms with Crippen LogP contribution in [-0.4, -0.2) is 17.6 Å². The molecule has 2 aromatic rings. The standard InChI is InChI=1S/C16H19N3O2/c1-3-21-15-7-5-4-6-14(15)19-16(20)18-12(2)13-8-10-17-11-9-13/h4-12H,3H2,1-2H3,(H2,18,19,20)/t12-/m0/s1. The molecule has 0 bridgehead atoms. The van der Waals surface area contributed by atoms with Crippen molar-refractivity contribution < 1.29 is 9.53 Å². The molecular formula is C16H19N3O2. The SMILES string of the molecule is CCOc1ccccc1NC(=O)N[C@@H](C)c1ccncc1. The average molecular weight is 285 g/mol. The van der Waals surface area contributed by atoms with Gasteiger partial charge in [0.15, 0.2) is 0 Å². The lowest BCUT2D eigenvalue weighted by atomic mass is 10.1. The van der Waals surface area contributed by atoms with E-state index in [0.717, 1.165) is 5.56 Å². The monoisotopic (exact) mass is 285 g/mol. The molecule has 2 rings (SSSR count). The van der Waals surface area contributed by atoms with E-state index < -0.39 is 0 Å². The van der Waals surface area contributed by atoms with Gasteiger partial charge in [0.05, 0.1) is 18.3 Å². The summed E-state index contributed by atoms with van der Waals surface area (Å²) in [5.41, 5.74) is 1.65. The second-order valence-corrected chi connectivity index (χ2v) is 4.53. The maximum absolute atomic E-state index is 12.1. The number of rotatable bonds is 5.